The Hall–Kier alpha value is -1.97. The minimum Gasteiger partial charge on any atom is -0.496 e. The Morgan fingerprint density at radius 1 is 1.35 bits per heavy atom. The summed E-state index contributed by atoms with van der Waals surface area (Å²) < 4.78 is 5.24. The van der Waals surface area contributed by atoms with E-state index in [-0.39, 0.29) is 0 Å². The van der Waals surface area contributed by atoms with E-state index in [0.717, 1.165) is 29.1 Å². The Kier molecular flexibility index (Phi) is 3.04. The van der Waals surface area contributed by atoms with Gasteiger partial charge in [0.1, 0.15) is 5.75 Å². The van der Waals surface area contributed by atoms with Gasteiger partial charge in [0.2, 0.25) is 0 Å². The number of rotatable bonds is 3. The fourth-order valence-corrected chi connectivity index (χ4v) is 1.94. The third-order valence-corrected chi connectivity index (χ3v) is 2.83. The monoisotopic (exact) mass is 231 g/mol. The first kappa shape index (κ1) is 11.5. The van der Waals surface area contributed by atoms with Crippen molar-refractivity contribution in [2.45, 2.75) is 20.3 Å². The van der Waals surface area contributed by atoms with Crippen LogP contribution in [0.25, 0.3) is 0 Å². The number of ether oxygens (including phenoxy) is 1. The molecule has 0 aliphatic carbocycles. The van der Waals surface area contributed by atoms with Crippen LogP contribution < -0.4 is 10.5 Å². The molecule has 1 aromatic heterocycles. The minimum absolute atomic E-state index is 0.475. The molecular weight excluding hydrogens is 214 g/mol. The molecule has 1 aromatic carbocycles. The molecule has 0 fully saturated rings. The van der Waals surface area contributed by atoms with E-state index in [1.165, 1.54) is 5.56 Å². The number of aromatic amines is 1. The van der Waals surface area contributed by atoms with Crippen LogP contribution in [0.15, 0.2) is 18.2 Å². The number of nitrogen functional groups attached to an aromatic ring is 1. The molecule has 0 aliphatic heterocycles. The number of methoxy groups -OCH3 is 1. The molecule has 2 aromatic rings. The smallest absolute Gasteiger partial charge is 0.197 e. The summed E-state index contributed by atoms with van der Waals surface area (Å²) in [7, 11) is 1.68. The Bertz CT molecular complexity index is 531. The molecule has 4 heteroatoms. The van der Waals surface area contributed by atoms with Crippen molar-refractivity contribution in [1.82, 2.24) is 9.97 Å². The number of hydrogen-bond donors (Lipinski definition) is 2. The van der Waals surface area contributed by atoms with E-state index in [4.69, 9.17) is 10.5 Å². The van der Waals surface area contributed by atoms with Crippen LogP contribution in [0.2, 0.25) is 0 Å². The number of aryl methyl sites for hydroxylation is 2. The summed E-state index contributed by atoms with van der Waals surface area (Å²) in [5.41, 5.74) is 9.98. The van der Waals surface area contributed by atoms with Gasteiger partial charge in [0, 0.05) is 12.1 Å². The van der Waals surface area contributed by atoms with E-state index in [1.54, 1.807) is 7.11 Å². The van der Waals surface area contributed by atoms with Crippen LogP contribution >= 0.6 is 0 Å². The van der Waals surface area contributed by atoms with Crippen LogP contribution in [-0.2, 0) is 6.42 Å². The molecule has 1 heterocycles. The molecule has 0 unspecified atom stereocenters. The Labute approximate surface area is 101 Å². The number of nitrogens with two attached hydrogens (primary N) is 1. The summed E-state index contributed by atoms with van der Waals surface area (Å²) in [6.07, 6.45) is 0.782. The molecule has 4 nitrogen and oxygen atoms in total. The fourth-order valence-electron chi connectivity index (χ4n) is 1.94. The van der Waals surface area contributed by atoms with Crippen molar-refractivity contribution >= 4 is 5.95 Å². The first-order valence-corrected chi connectivity index (χ1v) is 5.54. The minimum atomic E-state index is 0.475. The summed E-state index contributed by atoms with van der Waals surface area (Å²) in [4.78, 5) is 7.28. The van der Waals surface area contributed by atoms with Crippen molar-refractivity contribution in [3.63, 3.8) is 0 Å². The lowest BCUT2D eigenvalue weighted by Gasteiger charge is -2.06. The predicted molar refractivity (Wildman–Crippen MR) is 68.3 cm³/mol. The van der Waals surface area contributed by atoms with Gasteiger partial charge in [-0.3, -0.25) is 0 Å². The van der Waals surface area contributed by atoms with E-state index in [2.05, 4.69) is 22.1 Å². The Balaban J connectivity index is 2.24. The standard InChI is InChI=1S/C13H17N3O/c1-8-6-10(4-5-12(8)17-3)7-11-9(2)15-13(14)16-11/h4-6H,7H2,1-3H3,(H3,14,15,16). The highest BCUT2D eigenvalue weighted by Gasteiger charge is 2.07. The molecule has 90 valence electrons. The lowest BCUT2D eigenvalue weighted by atomic mass is 10.1. The topological polar surface area (TPSA) is 63.9 Å². The van der Waals surface area contributed by atoms with Gasteiger partial charge in [0.25, 0.3) is 0 Å². The zero-order valence-electron chi connectivity index (χ0n) is 10.4. The zero-order valence-corrected chi connectivity index (χ0v) is 10.4. The SMILES string of the molecule is COc1ccc(Cc2nc(N)[nH]c2C)cc1C. The summed E-state index contributed by atoms with van der Waals surface area (Å²) in [5, 5.41) is 0. The number of hydrogen-bond acceptors (Lipinski definition) is 3. The normalized spacial score (nSPS) is 10.5. The highest BCUT2D eigenvalue weighted by Crippen LogP contribution is 2.20. The summed E-state index contributed by atoms with van der Waals surface area (Å²) in [5.74, 6) is 1.38. The molecular formula is C13H17N3O. The van der Waals surface area contributed by atoms with Gasteiger partial charge in [-0.15, -0.1) is 0 Å². The Morgan fingerprint density at radius 3 is 2.65 bits per heavy atom. The van der Waals surface area contributed by atoms with E-state index in [1.807, 2.05) is 19.9 Å². The fraction of sp³-hybridized carbons (Fsp3) is 0.308. The third kappa shape index (κ3) is 2.41. The van der Waals surface area contributed by atoms with E-state index in [0.29, 0.717) is 5.95 Å². The van der Waals surface area contributed by atoms with Crippen LogP contribution in [0.4, 0.5) is 5.95 Å². The summed E-state index contributed by atoms with van der Waals surface area (Å²) in [6.45, 7) is 4.02. The first-order valence-electron chi connectivity index (χ1n) is 5.54. The van der Waals surface area contributed by atoms with Crippen LogP contribution in [0.3, 0.4) is 0 Å². The van der Waals surface area contributed by atoms with Gasteiger partial charge in [-0.05, 0) is 31.0 Å². The maximum atomic E-state index is 5.62. The highest BCUT2D eigenvalue weighted by molar-refractivity contribution is 5.38. The predicted octanol–water partition coefficient (Wildman–Crippen LogP) is 2.21. The number of nitrogens with zero attached hydrogens (tertiary/aromatic N) is 1. The second-order valence-electron chi connectivity index (χ2n) is 4.17. The number of imidazole rings is 1. The van der Waals surface area contributed by atoms with Crippen molar-refractivity contribution in [1.29, 1.82) is 0 Å². The van der Waals surface area contributed by atoms with Crippen molar-refractivity contribution < 1.29 is 4.74 Å². The second kappa shape index (κ2) is 4.49. The largest absolute Gasteiger partial charge is 0.496 e. The van der Waals surface area contributed by atoms with Crippen LogP contribution in [0.5, 0.6) is 5.75 Å². The molecule has 0 spiro atoms. The summed E-state index contributed by atoms with van der Waals surface area (Å²) in [6, 6.07) is 6.15. The third-order valence-electron chi connectivity index (χ3n) is 2.83. The maximum absolute atomic E-state index is 5.62. The number of H-pyrrole nitrogens is 1. The van der Waals surface area contributed by atoms with Gasteiger partial charge >= 0.3 is 0 Å². The molecule has 0 bridgehead atoms. The number of benzene rings is 1. The quantitative estimate of drug-likeness (QED) is 0.851. The zero-order chi connectivity index (χ0) is 12.4. The average Bonchev–Trinajstić information content (AvgIpc) is 2.58. The van der Waals surface area contributed by atoms with Crippen LogP contribution in [0.1, 0.15) is 22.5 Å². The number of nitrogens with one attached hydrogen (secondary N) is 1. The molecule has 2 rings (SSSR count). The Morgan fingerprint density at radius 2 is 2.12 bits per heavy atom. The summed E-state index contributed by atoms with van der Waals surface area (Å²) >= 11 is 0. The molecule has 0 saturated carbocycles. The van der Waals surface area contributed by atoms with Crippen molar-refractivity contribution in [3.8, 4) is 5.75 Å². The molecule has 17 heavy (non-hydrogen) atoms. The molecule has 0 aliphatic rings. The van der Waals surface area contributed by atoms with E-state index in [9.17, 15) is 0 Å². The number of aromatic nitrogens is 2. The van der Waals surface area contributed by atoms with Gasteiger partial charge in [0.15, 0.2) is 5.95 Å². The highest BCUT2D eigenvalue weighted by atomic mass is 16.5. The van der Waals surface area contributed by atoms with Crippen LogP contribution in [0, 0.1) is 13.8 Å². The lowest BCUT2D eigenvalue weighted by Crippen LogP contribution is -1.94. The van der Waals surface area contributed by atoms with Gasteiger partial charge in [-0.2, -0.15) is 0 Å². The number of anilines is 1. The van der Waals surface area contributed by atoms with Gasteiger partial charge in [-0.1, -0.05) is 12.1 Å². The molecule has 0 radical (unpaired) electrons. The van der Waals surface area contributed by atoms with Crippen molar-refractivity contribution in [2.75, 3.05) is 12.8 Å². The molecule has 0 atom stereocenters. The van der Waals surface area contributed by atoms with E-state index < -0.39 is 0 Å². The van der Waals surface area contributed by atoms with Gasteiger partial charge in [-0.25, -0.2) is 4.98 Å². The first-order chi connectivity index (χ1) is 8.10. The second-order valence-corrected chi connectivity index (χ2v) is 4.17. The molecule has 0 amide bonds. The lowest BCUT2D eigenvalue weighted by molar-refractivity contribution is 0.411. The van der Waals surface area contributed by atoms with Crippen molar-refractivity contribution in [3.05, 3.63) is 40.7 Å². The van der Waals surface area contributed by atoms with Gasteiger partial charge in [0.05, 0.1) is 12.8 Å². The molecule has 0 saturated heterocycles. The molecule has 3 N–H and O–H groups in total. The van der Waals surface area contributed by atoms with Crippen LogP contribution in [-0.4, -0.2) is 17.1 Å². The van der Waals surface area contributed by atoms with E-state index >= 15 is 0 Å². The maximum Gasteiger partial charge on any atom is 0.197 e. The van der Waals surface area contributed by atoms with Gasteiger partial charge < -0.3 is 15.5 Å². The average molecular weight is 231 g/mol. The van der Waals surface area contributed by atoms with Crippen molar-refractivity contribution in [2.24, 2.45) is 0 Å².